The fourth-order valence-electron chi connectivity index (χ4n) is 5.18. The second-order valence-corrected chi connectivity index (χ2v) is 14.2. The van der Waals surface area contributed by atoms with Gasteiger partial charge in [-0.1, -0.05) is 54.1 Å². The summed E-state index contributed by atoms with van der Waals surface area (Å²) in [4.78, 5) is 68.7. The van der Waals surface area contributed by atoms with Crippen LogP contribution in [0.25, 0.3) is 0 Å². The monoisotopic (exact) mass is 650 g/mol. The lowest BCUT2D eigenvalue weighted by Gasteiger charge is -2.36. The Morgan fingerprint density at radius 3 is 2.04 bits per heavy atom. The summed E-state index contributed by atoms with van der Waals surface area (Å²) < 4.78 is 11.1. The van der Waals surface area contributed by atoms with Crippen LogP contribution in [-0.4, -0.2) is 64.0 Å². The number of alkyl carbamates (subject to hydrolysis) is 1. The third-order valence-electron chi connectivity index (χ3n) is 7.41. The van der Waals surface area contributed by atoms with Crippen LogP contribution in [0.4, 0.5) is 4.79 Å². The molecule has 4 N–H and O–H groups in total. The fourth-order valence-corrected chi connectivity index (χ4v) is 5.18. The maximum Gasteiger partial charge on any atom is 0.408 e. The van der Waals surface area contributed by atoms with Crippen LogP contribution in [-0.2, 0) is 35.1 Å². The molecule has 3 rings (SSSR count). The molecule has 0 bridgehead atoms. The zero-order valence-corrected chi connectivity index (χ0v) is 28.8. The Bertz CT molecular complexity index is 1440. The molecule has 0 aromatic heterocycles. The van der Waals surface area contributed by atoms with Crippen molar-refractivity contribution in [2.45, 2.75) is 123 Å². The molecule has 1 aliphatic carbocycles. The number of ether oxygens (including phenoxy) is 2. The molecule has 11 nitrogen and oxygen atoms in total. The lowest BCUT2D eigenvalue weighted by Crippen LogP contribution is -2.55. The molecule has 1 aliphatic rings. The minimum atomic E-state index is -1.20. The maximum absolute atomic E-state index is 14.6. The van der Waals surface area contributed by atoms with E-state index in [1.165, 1.54) is 4.90 Å². The lowest BCUT2D eigenvalue weighted by molar-refractivity contribution is -0.159. The number of nitrogens with two attached hydrogens (primary N) is 1. The van der Waals surface area contributed by atoms with E-state index in [9.17, 15) is 24.0 Å². The van der Waals surface area contributed by atoms with Crippen molar-refractivity contribution in [3.05, 3.63) is 70.8 Å². The number of nitrogens with zero attached hydrogens (tertiary/aromatic N) is 1. The number of esters is 1. The summed E-state index contributed by atoms with van der Waals surface area (Å²) in [5.41, 5.74) is 6.82. The highest BCUT2D eigenvalue weighted by molar-refractivity contribution is 5.94. The number of rotatable bonds is 13. The van der Waals surface area contributed by atoms with Gasteiger partial charge in [-0.2, -0.15) is 0 Å². The summed E-state index contributed by atoms with van der Waals surface area (Å²) >= 11 is 0. The molecule has 0 radical (unpaired) electrons. The Morgan fingerprint density at radius 1 is 0.872 bits per heavy atom. The first-order valence-electron chi connectivity index (χ1n) is 16.1. The Morgan fingerprint density at radius 2 is 1.49 bits per heavy atom. The molecular formula is C36H50N4O7. The molecule has 0 spiro atoms. The van der Waals surface area contributed by atoms with Gasteiger partial charge >= 0.3 is 12.1 Å². The van der Waals surface area contributed by atoms with Gasteiger partial charge in [0.2, 0.25) is 17.7 Å². The SMILES string of the molecule is Cc1ccc(C)c(C(C(=O)NC(Cc2ccccc2)C(=O)OC(C)(C)C)N(C(=O)C(CCC(N)=O)NC(=O)OC(C)(C)C)C2CC2)c1. The van der Waals surface area contributed by atoms with Crippen LogP contribution in [0, 0.1) is 13.8 Å². The van der Waals surface area contributed by atoms with Crippen LogP contribution in [0.1, 0.15) is 95.5 Å². The Hall–Kier alpha value is -4.41. The summed E-state index contributed by atoms with van der Waals surface area (Å²) in [5.74, 6) is -2.38. The number of hydrogen-bond acceptors (Lipinski definition) is 7. The van der Waals surface area contributed by atoms with E-state index >= 15 is 0 Å². The molecule has 0 aliphatic heterocycles. The van der Waals surface area contributed by atoms with Gasteiger partial charge in [0.1, 0.15) is 29.3 Å². The van der Waals surface area contributed by atoms with E-state index in [-0.39, 0.29) is 25.3 Å². The third-order valence-corrected chi connectivity index (χ3v) is 7.41. The molecule has 256 valence electrons. The van der Waals surface area contributed by atoms with Crippen LogP contribution in [0.5, 0.6) is 0 Å². The predicted molar refractivity (Wildman–Crippen MR) is 178 cm³/mol. The second-order valence-electron chi connectivity index (χ2n) is 14.2. The van der Waals surface area contributed by atoms with E-state index in [1.807, 2.05) is 62.4 Å². The van der Waals surface area contributed by atoms with E-state index in [2.05, 4.69) is 10.6 Å². The molecule has 0 saturated heterocycles. The highest BCUT2D eigenvalue weighted by Crippen LogP contribution is 2.37. The van der Waals surface area contributed by atoms with Crippen LogP contribution in [0.3, 0.4) is 0 Å². The average molecular weight is 651 g/mol. The standard InChI is InChI=1S/C36H50N4O7/c1-22-14-15-23(2)26(20-22)30(31(42)38-28(33(44)46-35(3,4)5)21-24-12-10-9-11-13-24)40(25-16-17-25)32(43)27(18-19-29(37)41)39-34(45)47-36(6,7)8/h9-15,20,25,27-28,30H,16-19,21H2,1-8H3,(H2,37,41)(H,38,42)(H,39,45). The number of amides is 4. The largest absolute Gasteiger partial charge is 0.458 e. The molecule has 1 fully saturated rings. The Labute approximate surface area is 277 Å². The number of hydrogen-bond donors (Lipinski definition) is 3. The summed E-state index contributed by atoms with van der Waals surface area (Å²) in [5, 5.41) is 5.53. The topological polar surface area (TPSA) is 157 Å². The first-order valence-corrected chi connectivity index (χ1v) is 16.1. The average Bonchev–Trinajstić information content (AvgIpc) is 3.78. The highest BCUT2D eigenvalue weighted by Gasteiger charge is 2.45. The number of carbonyl (C=O) groups is 5. The van der Waals surface area contributed by atoms with Gasteiger partial charge in [0.25, 0.3) is 0 Å². The van der Waals surface area contributed by atoms with Crippen LogP contribution in [0.15, 0.2) is 48.5 Å². The van der Waals surface area contributed by atoms with E-state index in [1.54, 1.807) is 41.5 Å². The molecule has 0 heterocycles. The minimum Gasteiger partial charge on any atom is -0.458 e. The second kappa shape index (κ2) is 15.5. The summed E-state index contributed by atoms with van der Waals surface area (Å²) in [6.07, 6.45) is 0.329. The number of benzene rings is 2. The van der Waals surface area contributed by atoms with Crippen LogP contribution < -0.4 is 16.4 Å². The highest BCUT2D eigenvalue weighted by atomic mass is 16.6. The molecule has 2 aromatic rings. The van der Waals surface area contributed by atoms with E-state index in [4.69, 9.17) is 15.2 Å². The number of primary amides is 1. The van der Waals surface area contributed by atoms with Gasteiger partial charge in [0.15, 0.2) is 0 Å². The van der Waals surface area contributed by atoms with Crippen molar-refractivity contribution in [1.29, 1.82) is 0 Å². The number of aryl methyl sites for hydroxylation is 2. The Balaban J connectivity index is 2.08. The first kappa shape index (κ1) is 37.1. The van der Waals surface area contributed by atoms with Gasteiger partial charge in [-0.05, 0) is 91.3 Å². The molecule has 3 atom stereocenters. The Kier molecular flexibility index (Phi) is 12.2. The van der Waals surface area contributed by atoms with E-state index in [0.717, 1.165) is 16.7 Å². The van der Waals surface area contributed by atoms with Crippen molar-refractivity contribution in [3.8, 4) is 0 Å². The van der Waals surface area contributed by atoms with Crippen molar-refractivity contribution in [2.24, 2.45) is 5.73 Å². The van der Waals surface area contributed by atoms with E-state index in [0.29, 0.717) is 18.4 Å². The third kappa shape index (κ3) is 11.7. The van der Waals surface area contributed by atoms with E-state index < -0.39 is 59.1 Å². The smallest absolute Gasteiger partial charge is 0.408 e. The van der Waals surface area contributed by atoms with Crippen molar-refractivity contribution >= 4 is 29.8 Å². The number of nitrogens with one attached hydrogen (secondary N) is 2. The molecule has 2 aromatic carbocycles. The molecule has 4 amide bonds. The quantitative estimate of drug-likeness (QED) is 0.268. The van der Waals surface area contributed by atoms with Gasteiger partial charge in [0.05, 0.1) is 0 Å². The van der Waals surface area contributed by atoms with Crippen LogP contribution in [0.2, 0.25) is 0 Å². The van der Waals surface area contributed by atoms with Gasteiger partial charge in [-0.15, -0.1) is 0 Å². The summed E-state index contributed by atoms with van der Waals surface area (Å²) in [7, 11) is 0. The normalized spacial score (nSPS) is 15.1. The predicted octanol–water partition coefficient (Wildman–Crippen LogP) is 4.56. The summed E-state index contributed by atoms with van der Waals surface area (Å²) in [6, 6.07) is 11.2. The van der Waals surface area contributed by atoms with Crippen molar-refractivity contribution in [1.82, 2.24) is 15.5 Å². The molecular weight excluding hydrogens is 600 g/mol. The zero-order valence-electron chi connectivity index (χ0n) is 28.8. The van der Waals surface area contributed by atoms with Crippen LogP contribution >= 0.6 is 0 Å². The maximum atomic E-state index is 14.6. The van der Waals surface area contributed by atoms with Crippen molar-refractivity contribution in [3.63, 3.8) is 0 Å². The van der Waals surface area contributed by atoms with Gasteiger partial charge in [0, 0.05) is 18.9 Å². The summed E-state index contributed by atoms with van der Waals surface area (Å²) in [6.45, 7) is 14.1. The van der Waals surface area contributed by atoms with Crippen molar-refractivity contribution < 1.29 is 33.4 Å². The minimum absolute atomic E-state index is 0.0910. The molecule has 47 heavy (non-hydrogen) atoms. The number of carbonyl (C=O) groups excluding carboxylic acids is 5. The van der Waals surface area contributed by atoms with Crippen molar-refractivity contribution in [2.75, 3.05) is 0 Å². The lowest BCUT2D eigenvalue weighted by atomic mass is 9.95. The van der Waals surface area contributed by atoms with Gasteiger partial charge in [-0.3, -0.25) is 14.4 Å². The first-order chi connectivity index (χ1) is 21.8. The van der Waals surface area contributed by atoms with Gasteiger partial charge < -0.3 is 30.7 Å². The fraction of sp³-hybridized carbons (Fsp3) is 0.528. The molecule has 1 saturated carbocycles. The molecule has 11 heteroatoms. The zero-order chi connectivity index (χ0) is 35.1. The van der Waals surface area contributed by atoms with Gasteiger partial charge in [-0.25, -0.2) is 9.59 Å². The molecule has 3 unspecified atom stereocenters.